The number of benzene rings is 1. The maximum Gasteiger partial charge on any atom is 0.221 e. The second-order valence-corrected chi connectivity index (χ2v) is 4.04. The first-order valence-corrected chi connectivity index (χ1v) is 7.86. The Balaban J connectivity index is -0.000000375. The van der Waals surface area contributed by atoms with Crippen LogP contribution in [0.25, 0.3) is 0 Å². The largest absolute Gasteiger partial charge is 0.326 e. The average molecular weight is 285 g/mol. The first kappa shape index (κ1) is 22.7. The number of amides is 1. The summed E-state index contributed by atoms with van der Waals surface area (Å²) in [6, 6.07) is 6.94. The lowest BCUT2D eigenvalue weighted by molar-refractivity contribution is -0.114. The van der Waals surface area contributed by atoms with Crippen LogP contribution in [0, 0.1) is 0 Å². The fourth-order valence-electron chi connectivity index (χ4n) is 0.933. The van der Waals surface area contributed by atoms with E-state index >= 15 is 0 Å². The smallest absolute Gasteiger partial charge is 0.221 e. The molecule has 0 fully saturated rings. The van der Waals surface area contributed by atoms with Gasteiger partial charge < -0.3 is 5.32 Å². The monoisotopic (exact) mass is 285 g/mol. The second-order valence-electron chi connectivity index (χ2n) is 2.66. The topological polar surface area (TPSA) is 46.2 Å². The summed E-state index contributed by atoms with van der Waals surface area (Å²) in [5, 5.41) is 2.63. The molecule has 0 heterocycles. The Morgan fingerprint density at radius 2 is 1.42 bits per heavy atom. The van der Waals surface area contributed by atoms with Gasteiger partial charge in [-0.25, -0.2) is 0 Å². The maximum atomic E-state index is 11.0. The van der Waals surface area contributed by atoms with Crippen molar-refractivity contribution in [2.24, 2.45) is 0 Å². The number of hydrogen-bond donors (Lipinski definition) is 1. The quantitative estimate of drug-likeness (QED) is 0.826. The summed E-state index contributed by atoms with van der Waals surface area (Å²) in [6.07, 6.45) is 1.62. The molecule has 0 bridgehead atoms. The van der Waals surface area contributed by atoms with Crippen molar-refractivity contribution in [3.05, 3.63) is 37.4 Å². The van der Waals surface area contributed by atoms with E-state index in [2.05, 4.69) is 18.5 Å². The Morgan fingerprint density at radius 3 is 1.68 bits per heavy atom. The van der Waals surface area contributed by atoms with Gasteiger partial charge in [-0.2, -0.15) is 0 Å². The Hall–Kier alpha value is -1.42. The number of rotatable bonds is 2. The highest BCUT2D eigenvalue weighted by molar-refractivity contribution is 7.84. The summed E-state index contributed by atoms with van der Waals surface area (Å²) in [6.45, 7) is 15.5. The van der Waals surface area contributed by atoms with E-state index < -0.39 is 10.8 Å². The number of nitrogens with one attached hydrogen (secondary N) is 1. The minimum absolute atomic E-state index is 0.106. The van der Waals surface area contributed by atoms with Crippen molar-refractivity contribution >= 4 is 22.4 Å². The third kappa shape index (κ3) is 12.8. The van der Waals surface area contributed by atoms with Gasteiger partial charge in [0.15, 0.2) is 0 Å². The van der Waals surface area contributed by atoms with Crippen LogP contribution in [0.5, 0.6) is 0 Å². The molecular weight excluding hydrogens is 258 g/mol. The highest BCUT2D eigenvalue weighted by atomic mass is 32.2. The van der Waals surface area contributed by atoms with Gasteiger partial charge in [0, 0.05) is 34.6 Å². The van der Waals surface area contributed by atoms with Gasteiger partial charge in [-0.3, -0.25) is 9.00 Å². The number of carbonyl (C=O) groups is 1. The summed E-state index contributed by atoms with van der Waals surface area (Å²) in [5.41, 5.74) is 0.724. The lowest BCUT2D eigenvalue weighted by atomic mass is 10.3. The van der Waals surface area contributed by atoms with E-state index in [1.165, 1.54) is 6.92 Å². The molecule has 110 valence electrons. The molecule has 0 aliphatic carbocycles. The Labute approximate surface area is 120 Å². The highest BCUT2D eigenvalue weighted by Gasteiger charge is 1.98. The van der Waals surface area contributed by atoms with Crippen molar-refractivity contribution in [1.29, 1.82) is 0 Å². The van der Waals surface area contributed by atoms with Gasteiger partial charge in [-0.05, 0) is 24.3 Å². The number of hydrogen-bond acceptors (Lipinski definition) is 2. The van der Waals surface area contributed by atoms with Gasteiger partial charge in [-0.1, -0.05) is 27.7 Å². The third-order valence-electron chi connectivity index (χ3n) is 1.51. The molecule has 0 spiro atoms. The average Bonchev–Trinajstić information content (AvgIpc) is 2.45. The predicted molar refractivity (Wildman–Crippen MR) is 87.0 cm³/mol. The zero-order valence-corrected chi connectivity index (χ0v) is 13.8. The first-order chi connectivity index (χ1) is 9.09. The molecule has 1 aromatic carbocycles. The van der Waals surface area contributed by atoms with Gasteiger partial charge >= 0.3 is 0 Å². The van der Waals surface area contributed by atoms with Gasteiger partial charge in [0.1, 0.15) is 0 Å². The Kier molecular flexibility index (Phi) is 19.8. The Bertz CT molecular complexity index is 348. The van der Waals surface area contributed by atoms with Crippen LogP contribution in [0.4, 0.5) is 5.69 Å². The van der Waals surface area contributed by atoms with Gasteiger partial charge in [0.2, 0.25) is 5.91 Å². The van der Waals surface area contributed by atoms with E-state index in [-0.39, 0.29) is 5.91 Å². The normalized spacial score (nSPS) is 9.16. The van der Waals surface area contributed by atoms with Crippen LogP contribution in [0.3, 0.4) is 0 Å². The van der Waals surface area contributed by atoms with E-state index in [9.17, 15) is 9.00 Å². The molecular formula is C15H27NO2S. The number of anilines is 1. The van der Waals surface area contributed by atoms with Crippen molar-refractivity contribution in [2.75, 3.05) is 11.6 Å². The fourth-order valence-corrected chi connectivity index (χ4v) is 1.45. The van der Waals surface area contributed by atoms with Crippen LogP contribution in [-0.2, 0) is 15.6 Å². The summed E-state index contributed by atoms with van der Waals surface area (Å²) >= 11 is 0. The summed E-state index contributed by atoms with van der Waals surface area (Å²) < 4.78 is 11.0. The summed E-state index contributed by atoms with van der Waals surface area (Å²) in [5.74, 6) is -0.106. The number of carbonyl (C=O) groups excluding carboxylic acids is 1. The zero-order chi connectivity index (χ0) is 15.8. The fraction of sp³-hybridized carbons (Fsp3) is 0.400. The van der Waals surface area contributed by atoms with E-state index in [0.717, 1.165) is 10.6 Å². The molecule has 0 saturated heterocycles. The molecule has 3 nitrogen and oxygen atoms in total. The van der Waals surface area contributed by atoms with Crippen molar-refractivity contribution in [3.63, 3.8) is 0 Å². The third-order valence-corrected chi connectivity index (χ3v) is 2.44. The van der Waals surface area contributed by atoms with Crippen LogP contribution in [-0.4, -0.2) is 16.4 Å². The molecule has 4 heteroatoms. The van der Waals surface area contributed by atoms with Gasteiger partial charge in [0.25, 0.3) is 0 Å². The van der Waals surface area contributed by atoms with Crippen LogP contribution in [0.2, 0.25) is 0 Å². The highest BCUT2D eigenvalue weighted by Crippen LogP contribution is 2.11. The molecule has 1 N–H and O–H groups in total. The molecule has 1 amide bonds. The van der Waals surface area contributed by atoms with Crippen molar-refractivity contribution in [3.8, 4) is 0 Å². The van der Waals surface area contributed by atoms with Gasteiger partial charge in [-0.15, -0.1) is 13.2 Å². The first-order valence-electron chi connectivity index (χ1n) is 6.30. The minimum Gasteiger partial charge on any atom is -0.326 e. The van der Waals surface area contributed by atoms with Crippen LogP contribution >= 0.6 is 0 Å². The summed E-state index contributed by atoms with van der Waals surface area (Å²) in [4.78, 5) is 11.4. The molecule has 1 aromatic rings. The van der Waals surface area contributed by atoms with Crippen molar-refractivity contribution < 1.29 is 9.00 Å². The maximum absolute atomic E-state index is 11.0. The van der Waals surface area contributed by atoms with E-state index in [4.69, 9.17) is 0 Å². The second kappa shape index (κ2) is 16.6. The standard InChI is InChI=1S/C9H11NO2S.2C2H6.C2H4/c1-7(11)10-8-3-5-9(6-4-8)13(2)12;3*1-2/h3-6H,1-2H3,(H,10,11);2*1-2H3;1-2H2. The Morgan fingerprint density at radius 1 is 1.05 bits per heavy atom. The van der Waals surface area contributed by atoms with Crippen molar-refractivity contribution in [2.45, 2.75) is 39.5 Å². The molecule has 1 unspecified atom stereocenters. The van der Waals surface area contributed by atoms with Crippen LogP contribution in [0.15, 0.2) is 42.3 Å². The van der Waals surface area contributed by atoms with Crippen molar-refractivity contribution in [1.82, 2.24) is 0 Å². The van der Waals surface area contributed by atoms with E-state index in [1.54, 1.807) is 30.5 Å². The molecule has 0 aliphatic rings. The van der Waals surface area contributed by atoms with Crippen LogP contribution in [0.1, 0.15) is 34.6 Å². The SMILES string of the molecule is C=C.CC.CC.CC(=O)Nc1ccc(S(C)=O)cc1. The van der Waals surface area contributed by atoms with E-state index in [0.29, 0.717) is 0 Å². The zero-order valence-electron chi connectivity index (χ0n) is 12.9. The lowest BCUT2D eigenvalue weighted by Gasteiger charge is -2.01. The molecule has 1 atom stereocenters. The van der Waals surface area contributed by atoms with Crippen LogP contribution < -0.4 is 5.32 Å². The minimum atomic E-state index is -0.963. The molecule has 1 rings (SSSR count). The summed E-state index contributed by atoms with van der Waals surface area (Å²) in [7, 11) is -0.963. The molecule has 0 radical (unpaired) electrons. The molecule has 0 saturated carbocycles. The lowest BCUT2D eigenvalue weighted by Crippen LogP contribution is -2.05. The van der Waals surface area contributed by atoms with Gasteiger partial charge in [0.05, 0.1) is 0 Å². The van der Waals surface area contributed by atoms with E-state index in [1.807, 2.05) is 27.7 Å². The molecule has 0 aliphatic heterocycles. The molecule has 19 heavy (non-hydrogen) atoms. The predicted octanol–water partition coefficient (Wildman–Crippen LogP) is 4.24. The molecule has 0 aromatic heterocycles.